The summed E-state index contributed by atoms with van der Waals surface area (Å²) >= 11 is 0. The van der Waals surface area contributed by atoms with Gasteiger partial charge in [-0.25, -0.2) is 0 Å². The van der Waals surface area contributed by atoms with E-state index in [1.54, 1.807) is 0 Å². The number of carbonyl (C=O) groups excluding carboxylic acids is 2. The Morgan fingerprint density at radius 2 is 2.17 bits per heavy atom. The zero-order valence-electron chi connectivity index (χ0n) is 10.1. The van der Waals surface area contributed by atoms with Crippen LogP contribution in [0.15, 0.2) is 30.3 Å². The number of amides is 1. The van der Waals surface area contributed by atoms with Gasteiger partial charge in [0.05, 0.1) is 27.2 Å². The van der Waals surface area contributed by atoms with Crippen LogP contribution in [-0.4, -0.2) is 36.3 Å². The maximum Gasteiger partial charge on any atom is 0.312 e. The summed E-state index contributed by atoms with van der Waals surface area (Å²) in [6.45, 7) is 0. The number of methoxy groups -OCH3 is 1. The molecule has 0 aliphatic heterocycles. The van der Waals surface area contributed by atoms with E-state index in [0.29, 0.717) is 12.8 Å². The van der Waals surface area contributed by atoms with Crippen molar-refractivity contribution in [2.75, 3.05) is 13.3 Å². The third-order valence-corrected chi connectivity index (χ3v) is 4.04. The smallest absolute Gasteiger partial charge is 0.312 e. The monoisotopic (exact) mass is 269 g/mol. The van der Waals surface area contributed by atoms with Crippen molar-refractivity contribution in [2.24, 2.45) is 0 Å². The Labute approximate surface area is 107 Å². The SMILES string of the molecule is COC(=O)CP(O)[C@H](Cc1ccccc1)NC=O. The Hall–Kier alpha value is -1.45. The van der Waals surface area contributed by atoms with Crippen LogP contribution in [0.2, 0.25) is 0 Å². The van der Waals surface area contributed by atoms with E-state index in [1.165, 1.54) is 7.11 Å². The second kappa shape index (κ2) is 7.80. The largest absolute Gasteiger partial charge is 0.469 e. The van der Waals surface area contributed by atoms with Gasteiger partial charge in [0.2, 0.25) is 6.41 Å². The fourth-order valence-corrected chi connectivity index (χ4v) is 2.74. The molecule has 98 valence electrons. The first-order valence-electron chi connectivity index (χ1n) is 5.43. The first kappa shape index (κ1) is 14.6. The lowest BCUT2D eigenvalue weighted by Gasteiger charge is -2.21. The van der Waals surface area contributed by atoms with Crippen molar-refractivity contribution in [3.8, 4) is 0 Å². The van der Waals surface area contributed by atoms with Gasteiger partial charge in [-0.1, -0.05) is 30.3 Å². The van der Waals surface area contributed by atoms with Crippen LogP contribution >= 0.6 is 8.15 Å². The van der Waals surface area contributed by atoms with Crippen molar-refractivity contribution < 1.29 is 19.2 Å². The van der Waals surface area contributed by atoms with Gasteiger partial charge in [-0.15, -0.1) is 0 Å². The highest BCUT2D eigenvalue weighted by molar-refractivity contribution is 7.53. The lowest BCUT2D eigenvalue weighted by atomic mass is 10.1. The van der Waals surface area contributed by atoms with Crippen molar-refractivity contribution in [1.29, 1.82) is 0 Å². The van der Waals surface area contributed by atoms with E-state index in [9.17, 15) is 14.5 Å². The van der Waals surface area contributed by atoms with Crippen LogP contribution in [0, 0.1) is 0 Å². The molecule has 18 heavy (non-hydrogen) atoms. The summed E-state index contributed by atoms with van der Waals surface area (Å²) in [5.41, 5.74) is 0.989. The number of ether oxygens (including phenoxy) is 1. The molecular formula is C12H16NO4P. The molecule has 0 fully saturated rings. The van der Waals surface area contributed by atoms with E-state index in [4.69, 9.17) is 0 Å². The summed E-state index contributed by atoms with van der Waals surface area (Å²) in [4.78, 5) is 31.6. The van der Waals surface area contributed by atoms with Crippen molar-refractivity contribution in [3.05, 3.63) is 35.9 Å². The van der Waals surface area contributed by atoms with Crippen molar-refractivity contribution in [1.82, 2.24) is 5.32 Å². The maximum atomic E-state index is 11.1. The Morgan fingerprint density at radius 1 is 1.50 bits per heavy atom. The molecule has 0 radical (unpaired) electrons. The summed E-state index contributed by atoms with van der Waals surface area (Å²) in [5, 5.41) is 2.55. The van der Waals surface area contributed by atoms with Crippen LogP contribution in [0.5, 0.6) is 0 Å². The molecule has 2 N–H and O–H groups in total. The minimum absolute atomic E-state index is 0.0792. The van der Waals surface area contributed by atoms with Crippen molar-refractivity contribution in [3.63, 3.8) is 0 Å². The molecule has 5 nitrogen and oxygen atoms in total. The average molecular weight is 269 g/mol. The highest BCUT2D eigenvalue weighted by Gasteiger charge is 2.22. The van der Waals surface area contributed by atoms with Crippen LogP contribution in [0.4, 0.5) is 0 Å². The second-order valence-corrected chi connectivity index (χ2v) is 5.48. The van der Waals surface area contributed by atoms with Gasteiger partial charge in [0.1, 0.15) is 0 Å². The summed E-state index contributed by atoms with van der Waals surface area (Å²) < 4.78 is 4.50. The molecule has 2 atom stereocenters. The van der Waals surface area contributed by atoms with E-state index < -0.39 is 19.9 Å². The van der Waals surface area contributed by atoms with Gasteiger partial charge in [0.25, 0.3) is 0 Å². The average Bonchev–Trinajstić information content (AvgIpc) is 2.39. The molecule has 0 spiro atoms. The molecule has 0 heterocycles. The molecule has 6 heteroatoms. The minimum Gasteiger partial charge on any atom is -0.469 e. The lowest BCUT2D eigenvalue weighted by Crippen LogP contribution is -2.30. The molecule has 0 aromatic heterocycles. The van der Waals surface area contributed by atoms with Gasteiger partial charge >= 0.3 is 5.97 Å². The Kier molecular flexibility index (Phi) is 6.33. The van der Waals surface area contributed by atoms with Gasteiger partial charge in [-0.2, -0.15) is 0 Å². The predicted octanol–water partition coefficient (Wildman–Crippen LogP) is 0.863. The number of esters is 1. The Bertz CT molecular complexity index is 385. The first-order chi connectivity index (χ1) is 8.67. The minimum atomic E-state index is -1.64. The van der Waals surface area contributed by atoms with E-state index >= 15 is 0 Å². The Balaban J connectivity index is 2.64. The second-order valence-electron chi connectivity index (χ2n) is 3.66. The van der Waals surface area contributed by atoms with E-state index in [0.717, 1.165) is 5.56 Å². The third kappa shape index (κ3) is 4.82. The van der Waals surface area contributed by atoms with Gasteiger partial charge < -0.3 is 14.9 Å². The highest BCUT2D eigenvalue weighted by atomic mass is 31.1. The summed E-state index contributed by atoms with van der Waals surface area (Å²) in [7, 11) is -0.367. The number of hydrogen-bond donors (Lipinski definition) is 2. The summed E-state index contributed by atoms with van der Waals surface area (Å²) in [5.74, 6) is -0.923. The zero-order valence-corrected chi connectivity index (χ0v) is 11.0. The van der Waals surface area contributed by atoms with Crippen molar-refractivity contribution >= 4 is 20.5 Å². The molecule has 1 amide bonds. The van der Waals surface area contributed by atoms with Crippen LogP contribution < -0.4 is 5.32 Å². The normalized spacial score (nSPS) is 13.4. The number of hydrogen-bond acceptors (Lipinski definition) is 4. The molecule has 1 unspecified atom stereocenters. The molecule has 0 bridgehead atoms. The van der Waals surface area contributed by atoms with Crippen LogP contribution in [0.3, 0.4) is 0 Å². The summed E-state index contributed by atoms with van der Waals surface area (Å²) in [6, 6.07) is 9.46. The Morgan fingerprint density at radius 3 is 2.72 bits per heavy atom. The van der Waals surface area contributed by atoms with E-state index in [-0.39, 0.29) is 6.16 Å². The molecular weight excluding hydrogens is 253 g/mol. The van der Waals surface area contributed by atoms with Crippen molar-refractivity contribution in [2.45, 2.75) is 12.2 Å². The van der Waals surface area contributed by atoms with Crippen LogP contribution in [0.25, 0.3) is 0 Å². The fourth-order valence-electron chi connectivity index (χ4n) is 1.47. The molecule has 0 aliphatic carbocycles. The van der Waals surface area contributed by atoms with Gasteiger partial charge in [-0.3, -0.25) is 9.59 Å². The standard InChI is InChI=1S/C12H16NO4P/c1-17-12(15)8-18(16)11(13-9-14)7-10-5-3-2-4-6-10/h2-6,9,11,16H,7-8H2,1H3,(H,13,14)/t11-,18?/m1/s1. The molecule has 1 aromatic rings. The topological polar surface area (TPSA) is 75.6 Å². The number of carbonyl (C=O) groups is 2. The molecule has 0 saturated heterocycles. The maximum absolute atomic E-state index is 11.1. The van der Waals surface area contributed by atoms with E-state index in [2.05, 4.69) is 10.1 Å². The number of nitrogens with one attached hydrogen (secondary N) is 1. The number of benzene rings is 1. The van der Waals surface area contributed by atoms with Crippen LogP contribution in [0.1, 0.15) is 5.56 Å². The molecule has 0 saturated carbocycles. The van der Waals surface area contributed by atoms with Gasteiger partial charge in [0.15, 0.2) is 0 Å². The van der Waals surface area contributed by atoms with Crippen LogP contribution in [-0.2, 0) is 20.7 Å². The van der Waals surface area contributed by atoms with Gasteiger partial charge in [0, 0.05) is 0 Å². The molecule has 1 aromatic carbocycles. The number of rotatable bonds is 7. The van der Waals surface area contributed by atoms with Gasteiger partial charge in [-0.05, 0) is 12.0 Å². The fraction of sp³-hybridized carbons (Fsp3) is 0.333. The predicted molar refractivity (Wildman–Crippen MR) is 69.2 cm³/mol. The molecule has 1 rings (SSSR count). The zero-order chi connectivity index (χ0) is 13.4. The summed E-state index contributed by atoms with van der Waals surface area (Å²) in [6.07, 6.45) is 0.944. The van der Waals surface area contributed by atoms with E-state index in [1.807, 2.05) is 30.3 Å². The molecule has 0 aliphatic rings. The quantitative estimate of drug-likeness (QED) is 0.437. The highest BCUT2D eigenvalue weighted by Crippen LogP contribution is 2.36. The lowest BCUT2D eigenvalue weighted by molar-refractivity contribution is -0.137. The third-order valence-electron chi connectivity index (χ3n) is 2.41. The first-order valence-corrected chi connectivity index (χ1v) is 6.98.